The van der Waals surface area contributed by atoms with E-state index >= 15 is 0 Å². The molecule has 0 spiro atoms. The Morgan fingerprint density at radius 1 is 1.24 bits per heavy atom. The zero-order valence-corrected chi connectivity index (χ0v) is 11.1. The minimum absolute atomic E-state index is 0.214. The third kappa shape index (κ3) is 2.47. The largest absolute Gasteiger partial charge is 0.325 e. The van der Waals surface area contributed by atoms with Gasteiger partial charge in [0.15, 0.2) is 0 Å². The first kappa shape index (κ1) is 13.2. The van der Waals surface area contributed by atoms with E-state index in [1.54, 1.807) is 30.5 Å². The number of fused-ring (bicyclic) bond motifs is 1. The van der Waals surface area contributed by atoms with Crippen molar-refractivity contribution >= 4 is 11.6 Å². The molecule has 106 valence electrons. The van der Waals surface area contributed by atoms with Gasteiger partial charge in [-0.2, -0.15) is 0 Å². The van der Waals surface area contributed by atoms with E-state index in [0.717, 1.165) is 11.3 Å². The van der Waals surface area contributed by atoms with Crippen LogP contribution in [-0.4, -0.2) is 22.4 Å². The van der Waals surface area contributed by atoms with Gasteiger partial charge in [-0.05, 0) is 23.8 Å². The summed E-state index contributed by atoms with van der Waals surface area (Å²) >= 11 is 0. The fourth-order valence-corrected chi connectivity index (χ4v) is 2.76. The van der Waals surface area contributed by atoms with Crippen molar-refractivity contribution < 1.29 is 9.72 Å². The number of nitrogens with one attached hydrogen (secondary N) is 1. The Bertz CT molecular complexity index is 688. The third-order valence-electron chi connectivity index (χ3n) is 3.65. The number of rotatable bonds is 4. The maximum Gasteiger partial charge on any atom is 0.232 e. The summed E-state index contributed by atoms with van der Waals surface area (Å²) in [5, 5.41) is 13.8. The molecule has 6 nitrogen and oxygen atoms in total. The Labute approximate surface area is 121 Å². The molecule has 1 aliphatic rings. The zero-order valence-electron chi connectivity index (χ0n) is 11.1. The van der Waals surface area contributed by atoms with Crippen LogP contribution in [0.5, 0.6) is 0 Å². The fraction of sp³-hybridized carbons (Fsp3) is 0.200. The number of amides is 1. The van der Waals surface area contributed by atoms with Crippen LogP contribution in [0.15, 0.2) is 48.7 Å². The molecule has 0 fully saturated rings. The van der Waals surface area contributed by atoms with Gasteiger partial charge >= 0.3 is 0 Å². The zero-order chi connectivity index (χ0) is 14.8. The van der Waals surface area contributed by atoms with Gasteiger partial charge in [0.25, 0.3) is 0 Å². The highest BCUT2D eigenvalue weighted by Gasteiger charge is 2.40. The van der Waals surface area contributed by atoms with Crippen molar-refractivity contribution in [3.8, 4) is 0 Å². The van der Waals surface area contributed by atoms with Gasteiger partial charge < -0.3 is 5.32 Å². The van der Waals surface area contributed by atoms with Crippen molar-refractivity contribution in [1.82, 2.24) is 4.98 Å². The number of carbonyl (C=O) groups is 1. The number of aromatic nitrogens is 1. The number of hydrogen-bond donors (Lipinski definition) is 1. The first-order valence-electron chi connectivity index (χ1n) is 6.59. The van der Waals surface area contributed by atoms with E-state index in [1.807, 2.05) is 18.2 Å². The van der Waals surface area contributed by atoms with Gasteiger partial charge in [-0.15, -0.1) is 0 Å². The van der Waals surface area contributed by atoms with Gasteiger partial charge in [0, 0.05) is 16.8 Å². The second kappa shape index (κ2) is 5.32. The van der Waals surface area contributed by atoms with Crippen molar-refractivity contribution in [2.24, 2.45) is 0 Å². The standard InChI is InChI=1S/C15H13N3O3/c19-15-14(10-5-1-2-7-13(10)17-15)11(9-18(20)21)12-6-3-4-8-16-12/h1-8,11,14H,9H2,(H,17,19)/t11-,14-/m0/s1. The molecule has 21 heavy (non-hydrogen) atoms. The minimum atomic E-state index is -0.582. The molecule has 1 aliphatic heterocycles. The van der Waals surface area contributed by atoms with Crippen molar-refractivity contribution in [2.75, 3.05) is 11.9 Å². The van der Waals surface area contributed by atoms with E-state index in [4.69, 9.17) is 0 Å². The number of nitro groups is 1. The van der Waals surface area contributed by atoms with Crippen LogP contribution in [0.3, 0.4) is 0 Å². The molecule has 2 heterocycles. The van der Waals surface area contributed by atoms with E-state index in [1.165, 1.54) is 0 Å². The highest BCUT2D eigenvalue weighted by molar-refractivity contribution is 6.03. The molecule has 6 heteroatoms. The van der Waals surface area contributed by atoms with Crippen LogP contribution in [0.4, 0.5) is 5.69 Å². The van der Waals surface area contributed by atoms with Gasteiger partial charge in [-0.25, -0.2) is 0 Å². The highest BCUT2D eigenvalue weighted by Crippen LogP contribution is 2.41. The van der Waals surface area contributed by atoms with Crippen LogP contribution >= 0.6 is 0 Å². The van der Waals surface area contributed by atoms with Crippen LogP contribution in [0.25, 0.3) is 0 Å². The number of benzene rings is 1. The lowest BCUT2D eigenvalue weighted by atomic mass is 9.84. The fourth-order valence-electron chi connectivity index (χ4n) is 2.76. The summed E-state index contributed by atoms with van der Waals surface area (Å²) in [6.07, 6.45) is 1.58. The maximum absolute atomic E-state index is 12.3. The van der Waals surface area contributed by atoms with Crippen LogP contribution < -0.4 is 5.32 Å². The van der Waals surface area contributed by atoms with Crippen LogP contribution in [-0.2, 0) is 4.79 Å². The van der Waals surface area contributed by atoms with Gasteiger partial charge in [0.05, 0.1) is 17.5 Å². The number of pyridine rings is 1. The Kier molecular flexibility index (Phi) is 3.35. The summed E-state index contributed by atoms with van der Waals surface area (Å²) in [6.45, 7) is -0.330. The first-order valence-corrected chi connectivity index (χ1v) is 6.59. The molecule has 1 N–H and O–H groups in total. The van der Waals surface area contributed by atoms with E-state index < -0.39 is 16.8 Å². The van der Waals surface area contributed by atoms with Gasteiger partial charge in [0.2, 0.25) is 12.5 Å². The maximum atomic E-state index is 12.3. The Morgan fingerprint density at radius 2 is 2.00 bits per heavy atom. The molecule has 0 saturated heterocycles. The SMILES string of the molecule is O=C1Nc2ccccc2[C@H]1[C@@H](C[N+](=O)[O-])c1ccccn1. The second-order valence-electron chi connectivity index (χ2n) is 4.93. The lowest BCUT2D eigenvalue weighted by Gasteiger charge is -2.18. The summed E-state index contributed by atoms with van der Waals surface area (Å²) < 4.78 is 0. The number of carbonyl (C=O) groups excluding carboxylic acids is 1. The topological polar surface area (TPSA) is 85.1 Å². The molecule has 2 atom stereocenters. The lowest BCUT2D eigenvalue weighted by molar-refractivity contribution is -0.483. The van der Waals surface area contributed by atoms with Crippen molar-refractivity contribution in [3.05, 3.63) is 70.0 Å². The number of anilines is 1. The van der Waals surface area contributed by atoms with E-state index in [2.05, 4.69) is 10.3 Å². The van der Waals surface area contributed by atoms with Crippen LogP contribution in [0.2, 0.25) is 0 Å². The van der Waals surface area contributed by atoms with Gasteiger partial charge in [0.1, 0.15) is 0 Å². The lowest BCUT2D eigenvalue weighted by Crippen LogP contribution is -2.25. The summed E-state index contributed by atoms with van der Waals surface area (Å²) in [7, 11) is 0. The van der Waals surface area contributed by atoms with Crippen molar-refractivity contribution in [1.29, 1.82) is 0 Å². The summed E-state index contributed by atoms with van der Waals surface area (Å²) in [4.78, 5) is 27.1. The van der Waals surface area contributed by atoms with Crippen molar-refractivity contribution in [3.63, 3.8) is 0 Å². The van der Waals surface area contributed by atoms with Crippen LogP contribution in [0.1, 0.15) is 23.1 Å². The van der Waals surface area contributed by atoms with Crippen LogP contribution in [0, 0.1) is 10.1 Å². The number of para-hydroxylation sites is 1. The Balaban J connectivity index is 2.05. The first-order chi connectivity index (χ1) is 10.2. The highest BCUT2D eigenvalue weighted by atomic mass is 16.6. The summed E-state index contributed by atoms with van der Waals surface area (Å²) in [6, 6.07) is 12.5. The molecule has 0 aliphatic carbocycles. The normalized spacial score (nSPS) is 17.9. The predicted octanol–water partition coefficient (Wildman–Crippen LogP) is 2.18. The Morgan fingerprint density at radius 3 is 2.71 bits per heavy atom. The molecule has 2 aromatic rings. The molecular weight excluding hydrogens is 270 g/mol. The quantitative estimate of drug-likeness (QED) is 0.688. The van der Waals surface area contributed by atoms with E-state index in [9.17, 15) is 14.9 Å². The average molecular weight is 283 g/mol. The smallest absolute Gasteiger partial charge is 0.232 e. The van der Waals surface area contributed by atoms with Gasteiger partial charge in [-0.3, -0.25) is 19.9 Å². The average Bonchev–Trinajstić information content (AvgIpc) is 2.81. The molecule has 1 aromatic heterocycles. The number of hydrogen-bond acceptors (Lipinski definition) is 4. The Hall–Kier alpha value is -2.76. The monoisotopic (exact) mass is 283 g/mol. The van der Waals surface area contributed by atoms with Gasteiger partial charge in [-0.1, -0.05) is 24.3 Å². The molecule has 3 rings (SSSR count). The summed E-state index contributed by atoms with van der Waals surface area (Å²) in [5.41, 5.74) is 2.07. The molecule has 0 saturated carbocycles. The molecule has 1 aromatic carbocycles. The molecule has 0 bridgehead atoms. The molecule has 0 radical (unpaired) electrons. The van der Waals surface area contributed by atoms with E-state index in [0.29, 0.717) is 5.69 Å². The molecular formula is C15H13N3O3. The minimum Gasteiger partial charge on any atom is -0.325 e. The molecule has 1 amide bonds. The number of nitrogens with zero attached hydrogens (tertiary/aromatic N) is 2. The van der Waals surface area contributed by atoms with Crippen molar-refractivity contribution in [2.45, 2.75) is 11.8 Å². The molecule has 0 unspecified atom stereocenters. The van der Waals surface area contributed by atoms with E-state index in [-0.39, 0.29) is 12.5 Å². The third-order valence-corrected chi connectivity index (χ3v) is 3.65. The predicted molar refractivity (Wildman–Crippen MR) is 76.7 cm³/mol. The summed E-state index contributed by atoms with van der Waals surface area (Å²) in [5.74, 6) is -1.37. The second-order valence-corrected chi connectivity index (χ2v) is 4.93.